The van der Waals surface area contributed by atoms with E-state index in [1.54, 1.807) is 17.5 Å². The zero-order valence-corrected chi connectivity index (χ0v) is 12.4. The normalized spacial score (nSPS) is 17.6. The summed E-state index contributed by atoms with van der Waals surface area (Å²) in [5, 5.41) is 3.14. The van der Waals surface area contributed by atoms with Crippen molar-refractivity contribution in [3.63, 3.8) is 0 Å². The van der Waals surface area contributed by atoms with Crippen LogP contribution < -0.4 is 0 Å². The lowest BCUT2D eigenvalue weighted by Crippen LogP contribution is -2.17. The number of hydrogen-bond acceptors (Lipinski definition) is 3. The van der Waals surface area contributed by atoms with Gasteiger partial charge in [0, 0.05) is 27.9 Å². The van der Waals surface area contributed by atoms with E-state index in [2.05, 4.69) is 16.4 Å². The first-order chi connectivity index (χ1) is 10.3. The van der Waals surface area contributed by atoms with Crippen LogP contribution in [0, 0.1) is 0 Å². The van der Waals surface area contributed by atoms with E-state index in [0.717, 1.165) is 35.7 Å². The van der Waals surface area contributed by atoms with Crippen molar-refractivity contribution in [3.05, 3.63) is 64.0 Å². The van der Waals surface area contributed by atoms with E-state index in [-0.39, 0.29) is 11.7 Å². The molecular formula is C18H15NOS. The van der Waals surface area contributed by atoms with Crippen molar-refractivity contribution >= 4 is 28.0 Å². The van der Waals surface area contributed by atoms with Crippen molar-refractivity contribution in [1.82, 2.24) is 4.98 Å². The summed E-state index contributed by atoms with van der Waals surface area (Å²) in [5.41, 5.74) is 2.91. The van der Waals surface area contributed by atoms with Crippen LogP contribution >= 0.6 is 11.3 Å². The highest BCUT2D eigenvalue weighted by Gasteiger charge is 2.28. The van der Waals surface area contributed by atoms with Gasteiger partial charge in [0.25, 0.3) is 0 Å². The molecule has 0 fully saturated rings. The van der Waals surface area contributed by atoms with Crippen molar-refractivity contribution in [2.45, 2.75) is 25.2 Å². The molecule has 0 radical (unpaired) electrons. The largest absolute Gasteiger partial charge is 0.293 e. The third kappa shape index (κ3) is 2.18. The zero-order valence-electron chi connectivity index (χ0n) is 11.6. The molecular weight excluding hydrogens is 278 g/mol. The Bertz CT molecular complexity index is 821. The predicted octanol–water partition coefficient (Wildman–Crippen LogP) is 4.60. The first kappa shape index (κ1) is 12.7. The predicted molar refractivity (Wildman–Crippen MR) is 86.1 cm³/mol. The first-order valence-corrected chi connectivity index (χ1v) is 8.16. The number of para-hydroxylation sites is 1. The SMILES string of the molecule is O=C(c1cnc2ccccc2c1)C1CCCc2sccc21. The Labute approximate surface area is 127 Å². The van der Waals surface area contributed by atoms with Crippen molar-refractivity contribution in [1.29, 1.82) is 0 Å². The van der Waals surface area contributed by atoms with Crippen molar-refractivity contribution in [2.75, 3.05) is 0 Å². The Morgan fingerprint density at radius 1 is 1.24 bits per heavy atom. The lowest BCUT2D eigenvalue weighted by atomic mass is 9.83. The molecule has 1 unspecified atom stereocenters. The van der Waals surface area contributed by atoms with Crippen LogP contribution in [0.2, 0.25) is 0 Å². The lowest BCUT2D eigenvalue weighted by Gasteiger charge is -2.21. The summed E-state index contributed by atoms with van der Waals surface area (Å²) in [4.78, 5) is 18.7. The summed E-state index contributed by atoms with van der Waals surface area (Å²) < 4.78 is 0. The van der Waals surface area contributed by atoms with E-state index in [4.69, 9.17) is 0 Å². The number of fused-ring (bicyclic) bond motifs is 2. The third-order valence-electron chi connectivity index (χ3n) is 4.24. The average molecular weight is 293 g/mol. The van der Waals surface area contributed by atoms with Gasteiger partial charge in [0.2, 0.25) is 0 Å². The van der Waals surface area contributed by atoms with Gasteiger partial charge in [-0.15, -0.1) is 11.3 Å². The number of rotatable bonds is 2. The van der Waals surface area contributed by atoms with Crippen LogP contribution in [0.25, 0.3) is 10.9 Å². The van der Waals surface area contributed by atoms with Crippen molar-refractivity contribution in [2.24, 2.45) is 0 Å². The second-order valence-electron chi connectivity index (χ2n) is 5.52. The third-order valence-corrected chi connectivity index (χ3v) is 5.24. The van der Waals surface area contributed by atoms with Crippen LogP contribution in [0.3, 0.4) is 0 Å². The van der Waals surface area contributed by atoms with E-state index in [9.17, 15) is 4.79 Å². The van der Waals surface area contributed by atoms with Crippen LogP contribution in [0.4, 0.5) is 0 Å². The molecule has 104 valence electrons. The number of carbonyl (C=O) groups is 1. The molecule has 21 heavy (non-hydrogen) atoms. The van der Waals surface area contributed by atoms with Gasteiger partial charge in [0.1, 0.15) is 0 Å². The Morgan fingerprint density at radius 2 is 2.14 bits per heavy atom. The highest BCUT2D eigenvalue weighted by Crippen LogP contribution is 2.37. The second kappa shape index (κ2) is 5.08. The molecule has 0 aliphatic heterocycles. The summed E-state index contributed by atoms with van der Waals surface area (Å²) in [5.74, 6) is 0.232. The number of hydrogen-bond donors (Lipinski definition) is 0. The Morgan fingerprint density at radius 3 is 3.10 bits per heavy atom. The van der Waals surface area contributed by atoms with Gasteiger partial charge >= 0.3 is 0 Å². The number of nitrogens with zero attached hydrogens (tertiary/aromatic N) is 1. The number of benzene rings is 1. The average Bonchev–Trinajstić information content (AvgIpc) is 3.02. The van der Waals surface area contributed by atoms with Gasteiger partial charge in [-0.25, -0.2) is 0 Å². The van der Waals surface area contributed by atoms with Crippen LogP contribution in [-0.4, -0.2) is 10.8 Å². The molecule has 0 bridgehead atoms. The molecule has 0 saturated carbocycles. The molecule has 2 nitrogen and oxygen atoms in total. The number of Topliss-reactive ketones (excluding diaryl/α,β-unsaturated/α-hetero) is 1. The van der Waals surface area contributed by atoms with Gasteiger partial charge in [0.05, 0.1) is 5.52 Å². The maximum absolute atomic E-state index is 12.9. The minimum absolute atomic E-state index is 0.0166. The quantitative estimate of drug-likeness (QED) is 0.646. The highest BCUT2D eigenvalue weighted by atomic mass is 32.1. The smallest absolute Gasteiger partial charge is 0.171 e. The molecule has 0 amide bonds. The molecule has 1 aliphatic rings. The van der Waals surface area contributed by atoms with Crippen LogP contribution in [0.5, 0.6) is 0 Å². The van der Waals surface area contributed by atoms with Gasteiger partial charge < -0.3 is 0 Å². The minimum atomic E-state index is 0.0166. The molecule has 1 atom stereocenters. The van der Waals surface area contributed by atoms with Crippen molar-refractivity contribution in [3.8, 4) is 0 Å². The Balaban J connectivity index is 1.74. The molecule has 1 aliphatic carbocycles. The number of carbonyl (C=O) groups excluding carboxylic acids is 1. The Kier molecular flexibility index (Phi) is 3.08. The fraction of sp³-hybridized carbons (Fsp3) is 0.222. The van der Waals surface area contributed by atoms with E-state index < -0.39 is 0 Å². The molecule has 2 heterocycles. The summed E-state index contributed by atoms with van der Waals surface area (Å²) >= 11 is 1.78. The molecule has 0 saturated heterocycles. The van der Waals surface area contributed by atoms with E-state index in [1.807, 2.05) is 30.3 Å². The van der Waals surface area contributed by atoms with Gasteiger partial charge in [-0.05, 0) is 48.4 Å². The first-order valence-electron chi connectivity index (χ1n) is 7.28. The number of thiophene rings is 1. The standard InChI is InChI=1S/C18H15NOS/c20-18(15-5-3-7-17-14(15)8-9-21-17)13-10-12-4-1-2-6-16(12)19-11-13/h1-2,4,6,8-11,15H,3,5,7H2. The zero-order chi connectivity index (χ0) is 14.2. The van der Waals surface area contributed by atoms with E-state index in [0.29, 0.717) is 0 Å². The lowest BCUT2D eigenvalue weighted by molar-refractivity contribution is 0.0951. The van der Waals surface area contributed by atoms with E-state index in [1.165, 1.54) is 10.4 Å². The van der Waals surface area contributed by atoms with E-state index >= 15 is 0 Å². The highest BCUT2D eigenvalue weighted by molar-refractivity contribution is 7.10. The van der Waals surface area contributed by atoms with Crippen molar-refractivity contribution < 1.29 is 4.79 Å². The summed E-state index contributed by atoms with van der Waals surface area (Å²) in [7, 11) is 0. The topological polar surface area (TPSA) is 30.0 Å². The monoisotopic (exact) mass is 293 g/mol. The van der Waals surface area contributed by atoms with Crippen LogP contribution in [0.15, 0.2) is 48.0 Å². The molecule has 4 rings (SSSR count). The molecule has 3 aromatic rings. The second-order valence-corrected chi connectivity index (χ2v) is 6.53. The molecule has 0 N–H and O–H groups in total. The summed E-state index contributed by atoms with van der Waals surface area (Å²) in [6, 6.07) is 12.0. The number of aromatic nitrogens is 1. The number of pyridine rings is 1. The summed E-state index contributed by atoms with van der Waals surface area (Å²) in [6.07, 6.45) is 4.90. The molecule has 2 aromatic heterocycles. The fourth-order valence-corrected chi connectivity index (χ4v) is 4.15. The number of ketones is 1. The molecule has 0 spiro atoms. The maximum Gasteiger partial charge on any atom is 0.171 e. The summed E-state index contributed by atoms with van der Waals surface area (Å²) in [6.45, 7) is 0. The van der Waals surface area contributed by atoms with Gasteiger partial charge in [-0.1, -0.05) is 18.2 Å². The number of aryl methyl sites for hydroxylation is 1. The van der Waals surface area contributed by atoms with Gasteiger partial charge in [0.15, 0.2) is 5.78 Å². The van der Waals surface area contributed by atoms with Crippen LogP contribution in [-0.2, 0) is 6.42 Å². The van der Waals surface area contributed by atoms with Gasteiger partial charge in [-0.2, -0.15) is 0 Å². The van der Waals surface area contributed by atoms with Crippen LogP contribution in [0.1, 0.15) is 39.6 Å². The fourth-order valence-electron chi connectivity index (χ4n) is 3.17. The Hall–Kier alpha value is -2.00. The minimum Gasteiger partial charge on any atom is -0.293 e. The van der Waals surface area contributed by atoms with Gasteiger partial charge in [-0.3, -0.25) is 9.78 Å². The molecule has 1 aromatic carbocycles. The maximum atomic E-state index is 12.9. The molecule has 3 heteroatoms.